The van der Waals surface area contributed by atoms with Crippen LogP contribution in [0, 0.1) is 12.7 Å². The topological polar surface area (TPSA) is 72.1 Å². The maximum Gasteiger partial charge on any atom is 0.260 e. The number of aliphatic hydroxyl groups excluding tert-OH is 1. The minimum Gasteiger partial charge on any atom is -0.495 e. The van der Waals surface area contributed by atoms with Gasteiger partial charge in [0.2, 0.25) is 0 Å². The van der Waals surface area contributed by atoms with E-state index in [1.807, 2.05) is 54.6 Å². The number of aryl methyl sites for hydroxylation is 1. The molecule has 184 valence electrons. The van der Waals surface area contributed by atoms with Gasteiger partial charge in [-0.1, -0.05) is 37.2 Å². The first kappa shape index (κ1) is 24.5. The van der Waals surface area contributed by atoms with Crippen molar-refractivity contribution in [3.05, 3.63) is 83.2 Å². The van der Waals surface area contributed by atoms with Crippen LogP contribution >= 0.6 is 0 Å². The number of fused-ring (bicyclic) bond motifs is 1. The summed E-state index contributed by atoms with van der Waals surface area (Å²) in [6.07, 6.45) is 7.43. The van der Waals surface area contributed by atoms with Gasteiger partial charge in [-0.15, -0.1) is 0 Å². The van der Waals surface area contributed by atoms with Gasteiger partial charge in [-0.05, 0) is 61.2 Å². The predicted octanol–water partition coefficient (Wildman–Crippen LogP) is 5.02. The van der Waals surface area contributed by atoms with E-state index >= 15 is 0 Å². The molecule has 3 aromatic rings. The van der Waals surface area contributed by atoms with Crippen molar-refractivity contribution in [3.8, 4) is 11.4 Å². The molecule has 1 N–H and O–H groups in total. The monoisotopic (exact) mass is 478 g/mol. The third-order valence-corrected chi connectivity index (χ3v) is 6.11. The van der Waals surface area contributed by atoms with Crippen LogP contribution in [0.15, 0.2) is 65.7 Å². The lowest BCUT2D eigenvalue weighted by atomic mass is 9.94. The molecule has 0 amide bonds. The standard InChI is InChI=1S/C25H25FN4O3.C2H6/c1-17-14-29(16-27-17)22-9-8-18(12-23(22)32-2)11-19-5-4-10-30-24(19)28-33-25(30,15-31)20-6-3-7-21(26)13-20;1-2/h3,6-9,11-14,16,31H,4-5,10,15H2,1-2H3;1-2H3/b19-11+;. The average Bonchev–Trinajstić information content (AvgIpc) is 3.50. The SMILES string of the molecule is CC.COc1cc(/C=C2\CCCN3C2=NOC3(CO)c2cccc(F)c2)ccc1-n1cnc(C)c1. The molecule has 1 fully saturated rings. The highest BCUT2D eigenvalue weighted by molar-refractivity contribution is 6.03. The number of ether oxygens (including phenoxy) is 1. The zero-order chi connectivity index (χ0) is 25.0. The van der Waals surface area contributed by atoms with Gasteiger partial charge in [0.05, 0.1) is 24.8 Å². The fourth-order valence-electron chi connectivity index (χ4n) is 4.48. The molecule has 3 heterocycles. The molecule has 8 heteroatoms. The summed E-state index contributed by atoms with van der Waals surface area (Å²) in [6.45, 7) is 6.25. The lowest BCUT2D eigenvalue weighted by Crippen LogP contribution is -2.51. The first-order valence-corrected chi connectivity index (χ1v) is 11.8. The minimum absolute atomic E-state index is 0.344. The van der Waals surface area contributed by atoms with E-state index < -0.39 is 5.72 Å². The Morgan fingerprint density at radius 2 is 2.06 bits per heavy atom. The van der Waals surface area contributed by atoms with Crippen LogP contribution in [0.3, 0.4) is 0 Å². The molecule has 0 spiro atoms. The van der Waals surface area contributed by atoms with Gasteiger partial charge in [-0.3, -0.25) is 0 Å². The molecular weight excluding hydrogens is 447 g/mol. The largest absolute Gasteiger partial charge is 0.495 e. The number of hydrogen-bond acceptors (Lipinski definition) is 6. The van der Waals surface area contributed by atoms with Gasteiger partial charge < -0.3 is 24.1 Å². The van der Waals surface area contributed by atoms with Crippen LogP contribution < -0.4 is 4.74 Å². The van der Waals surface area contributed by atoms with Crippen LogP contribution in [0.25, 0.3) is 11.8 Å². The minimum atomic E-state index is -1.22. The highest BCUT2D eigenvalue weighted by atomic mass is 19.1. The fourth-order valence-corrected chi connectivity index (χ4v) is 4.48. The number of halogens is 1. The third-order valence-electron chi connectivity index (χ3n) is 6.11. The number of nitrogens with zero attached hydrogens (tertiary/aromatic N) is 4. The Balaban J connectivity index is 0.00000141. The van der Waals surface area contributed by atoms with E-state index in [4.69, 9.17) is 9.57 Å². The number of piperidine rings is 1. The van der Waals surface area contributed by atoms with Crippen LogP contribution in [0.2, 0.25) is 0 Å². The maximum atomic E-state index is 13.9. The first-order valence-electron chi connectivity index (χ1n) is 11.8. The summed E-state index contributed by atoms with van der Waals surface area (Å²) in [7, 11) is 1.64. The molecule has 1 saturated heterocycles. The molecule has 1 aromatic heterocycles. The number of oxime groups is 1. The quantitative estimate of drug-likeness (QED) is 0.557. The summed E-state index contributed by atoms with van der Waals surface area (Å²) < 4.78 is 21.5. The third kappa shape index (κ3) is 4.53. The second kappa shape index (κ2) is 10.3. The molecule has 0 bridgehead atoms. The number of aromatic nitrogens is 2. The van der Waals surface area contributed by atoms with Crippen LogP contribution in [-0.2, 0) is 10.6 Å². The average molecular weight is 479 g/mol. The summed E-state index contributed by atoms with van der Waals surface area (Å²) in [5.74, 6) is 1.00. The number of imidazole rings is 1. The van der Waals surface area contributed by atoms with Crippen molar-refractivity contribution in [1.82, 2.24) is 14.5 Å². The van der Waals surface area contributed by atoms with Gasteiger partial charge >= 0.3 is 0 Å². The van der Waals surface area contributed by atoms with Crippen LogP contribution in [-0.4, -0.2) is 45.7 Å². The zero-order valence-corrected chi connectivity index (χ0v) is 20.5. The molecular formula is C27H31FN4O3. The lowest BCUT2D eigenvalue weighted by Gasteiger charge is -2.38. The van der Waals surface area contributed by atoms with Crippen molar-refractivity contribution < 1.29 is 19.1 Å². The Labute approximate surface area is 205 Å². The molecule has 7 nitrogen and oxygen atoms in total. The lowest BCUT2D eigenvalue weighted by molar-refractivity contribution is -0.137. The van der Waals surface area contributed by atoms with Crippen LogP contribution in [0.5, 0.6) is 5.75 Å². The molecule has 2 aliphatic rings. The molecule has 5 rings (SSSR count). The Bertz CT molecular complexity index is 1250. The van der Waals surface area contributed by atoms with Crippen molar-refractivity contribution in [2.24, 2.45) is 5.16 Å². The van der Waals surface area contributed by atoms with E-state index in [2.05, 4.69) is 16.2 Å². The van der Waals surface area contributed by atoms with Crippen molar-refractivity contribution in [2.75, 3.05) is 20.3 Å². The highest BCUT2D eigenvalue weighted by Crippen LogP contribution is 2.40. The summed E-state index contributed by atoms with van der Waals surface area (Å²) >= 11 is 0. The Hall–Kier alpha value is -3.65. The maximum absolute atomic E-state index is 13.9. The molecule has 1 atom stereocenters. The van der Waals surface area contributed by atoms with Crippen molar-refractivity contribution in [3.63, 3.8) is 0 Å². The van der Waals surface area contributed by atoms with Crippen molar-refractivity contribution >= 4 is 11.9 Å². The number of hydrogen-bond donors (Lipinski definition) is 1. The molecule has 0 radical (unpaired) electrons. The molecule has 1 unspecified atom stereocenters. The molecule has 2 aromatic carbocycles. The summed E-state index contributed by atoms with van der Waals surface area (Å²) in [5.41, 5.74) is 3.08. The van der Waals surface area contributed by atoms with Crippen LogP contribution in [0.1, 0.15) is 43.5 Å². The van der Waals surface area contributed by atoms with E-state index in [0.29, 0.717) is 17.9 Å². The van der Waals surface area contributed by atoms with E-state index in [9.17, 15) is 9.50 Å². The summed E-state index contributed by atoms with van der Waals surface area (Å²) in [4.78, 5) is 12.0. The van der Waals surface area contributed by atoms with Gasteiger partial charge in [0.15, 0.2) is 5.84 Å². The van der Waals surface area contributed by atoms with E-state index in [0.717, 1.165) is 41.1 Å². The molecule has 35 heavy (non-hydrogen) atoms. The number of methoxy groups -OCH3 is 1. The van der Waals surface area contributed by atoms with Crippen molar-refractivity contribution in [1.29, 1.82) is 0 Å². The second-order valence-electron chi connectivity index (χ2n) is 8.24. The van der Waals surface area contributed by atoms with E-state index in [1.54, 1.807) is 25.6 Å². The van der Waals surface area contributed by atoms with Gasteiger partial charge in [0.25, 0.3) is 5.72 Å². The Morgan fingerprint density at radius 1 is 1.23 bits per heavy atom. The highest BCUT2D eigenvalue weighted by Gasteiger charge is 2.49. The normalized spacial score (nSPS) is 20.0. The molecule has 2 aliphatic heterocycles. The van der Waals surface area contributed by atoms with E-state index in [1.165, 1.54) is 12.1 Å². The Morgan fingerprint density at radius 3 is 2.74 bits per heavy atom. The second-order valence-corrected chi connectivity index (χ2v) is 8.24. The molecule has 0 saturated carbocycles. The summed E-state index contributed by atoms with van der Waals surface area (Å²) in [6, 6.07) is 12.1. The van der Waals surface area contributed by atoms with Crippen molar-refractivity contribution in [2.45, 2.75) is 39.3 Å². The number of amidine groups is 1. The van der Waals surface area contributed by atoms with Crippen LogP contribution in [0.4, 0.5) is 4.39 Å². The fraction of sp³-hybridized carbons (Fsp3) is 0.333. The van der Waals surface area contributed by atoms with Gasteiger partial charge in [-0.25, -0.2) is 9.37 Å². The predicted molar refractivity (Wildman–Crippen MR) is 134 cm³/mol. The first-order chi connectivity index (χ1) is 17.0. The van der Waals surface area contributed by atoms with Gasteiger partial charge in [-0.2, -0.15) is 0 Å². The Kier molecular flexibility index (Phi) is 7.21. The van der Waals surface area contributed by atoms with E-state index in [-0.39, 0.29) is 12.4 Å². The van der Waals surface area contributed by atoms with Gasteiger partial charge in [0.1, 0.15) is 18.2 Å². The summed E-state index contributed by atoms with van der Waals surface area (Å²) in [5, 5.41) is 14.6. The number of aliphatic hydroxyl groups is 1. The number of benzene rings is 2. The molecule has 0 aliphatic carbocycles. The van der Waals surface area contributed by atoms with Gasteiger partial charge in [0, 0.05) is 18.3 Å². The number of rotatable bonds is 5. The smallest absolute Gasteiger partial charge is 0.260 e. The zero-order valence-electron chi connectivity index (χ0n) is 20.5.